The lowest BCUT2D eigenvalue weighted by atomic mass is 9.87. The number of ether oxygens (including phenoxy) is 1. The molecule has 6 nitrogen and oxygen atoms in total. The Morgan fingerprint density at radius 1 is 1.35 bits per heavy atom. The van der Waals surface area contributed by atoms with Crippen molar-refractivity contribution < 1.29 is 13.6 Å². The molecule has 148 valence electrons. The topological polar surface area (TPSA) is 73.3 Å². The Balaban J connectivity index is 2.60. The third-order valence-electron chi connectivity index (χ3n) is 5.96. The van der Waals surface area contributed by atoms with Gasteiger partial charge in [-0.15, -0.1) is 0 Å². The second-order valence-corrected chi connectivity index (χ2v) is 12.6. The van der Waals surface area contributed by atoms with Gasteiger partial charge in [-0.2, -0.15) is 0 Å². The average Bonchev–Trinajstić information content (AvgIpc) is 2.82. The maximum atomic E-state index is 15.5. The molecular formula is C17H28FIN2O4Si. The van der Waals surface area contributed by atoms with Crippen molar-refractivity contribution >= 4 is 30.9 Å². The van der Waals surface area contributed by atoms with Crippen molar-refractivity contribution in [2.45, 2.75) is 70.4 Å². The van der Waals surface area contributed by atoms with E-state index in [-0.39, 0.29) is 4.43 Å². The Labute approximate surface area is 167 Å². The number of alkyl halides is 2. The van der Waals surface area contributed by atoms with Gasteiger partial charge in [-0.1, -0.05) is 50.3 Å². The van der Waals surface area contributed by atoms with E-state index in [4.69, 9.17) is 9.16 Å². The molecule has 0 aliphatic carbocycles. The molecule has 2 rings (SSSR count). The van der Waals surface area contributed by atoms with Crippen LogP contribution in [0.4, 0.5) is 4.39 Å². The van der Waals surface area contributed by atoms with Crippen LogP contribution in [0, 0.1) is 5.92 Å². The van der Waals surface area contributed by atoms with Gasteiger partial charge in [-0.25, -0.2) is 9.18 Å². The molecule has 0 spiro atoms. The molecule has 0 saturated carbocycles. The van der Waals surface area contributed by atoms with Crippen LogP contribution in [0.25, 0.3) is 0 Å². The number of halogens is 2. The fraction of sp³-hybridized carbons (Fsp3) is 0.765. The van der Waals surface area contributed by atoms with Crippen LogP contribution in [0.1, 0.15) is 40.8 Å². The van der Waals surface area contributed by atoms with E-state index in [0.717, 1.165) is 18.1 Å². The summed E-state index contributed by atoms with van der Waals surface area (Å²) in [5, 5.41) is 0. The first-order chi connectivity index (χ1) is 12.1. The monoisotopic (exact) mass is 498 g/mol. The minimum atomic E-state index is -2.11. The largest absolute Gasteiger partial charge is 0.407 e. The van der Waals surface area contributed by atoms with Crippen LogP contribution in [0.5, 0.6) is 0 Å². The average molecular weight is 498 g/mol. The Kier molecular flexibility index (Phi) is 6.57. The zero-order chi connectivity index (χ0) is 19.8. The van der Waals surface area contributed by atoms with Crippen molar-refractivity contribution in [2.75, 3.05) is 4.43 Å². The van der Waals surface area contributed by atoms with Crippen LogP contribution in [0.2, 0.25) is 18.1 Å². The number of rotatable bonds is 7. The van der Waals surface area contributed by atoms with Crippen LogP contribution in [0.3, 0.4) is 0 Å². The van der Waals surface area contributed by atoms with Gasteiger partial charge in [0.1, 0.15) is 5.60 Å². The fourth-order valence-corrected chi connectivity index (χ4v) is 7.69. The van der Waals surface area contributed by atoms with Crippen LogP contribution in [0.15, 0.2) is 21.9 Å². The lowest BCUT2D eigenvalue weighted by molar-refractivity contribution is -0.157. The van der Waals surface area contributed by atoms with Crippen LogP contribution in [-0.4, -0.2) is 33.8 Å². The third-order valence-corrected chi connectivity index (χ3v) is 11.7. The maximum absolute atomic E-state index is 15.5. The van der Waals surface area contributed by atoms with Crippen molar-refractivity contribution in [3.05, 3.63) is 33.1 Å². The molecule has 0 radical (unpaired) electrons. The number of nitrogens with one attached hydrogen (secondary N) is 1. The van der Waals surface area contributed by atoms with Gasteiger partial charge in [0, 0.05) is 18.2 Å². The highest BCUT2D eigenvalue weighted by atomic mass is 127. The number of H-pyrrole nitrogens is 1. The molecule has 0 amide bonds. The molecule has 2 heterocycles. The van der Waals surface area contributed by atoms with Gasteiger partial charge in [0.2, 0.25) is 5.85 Å². The minimum Gasteiger partial charge on any atom is -0.407 e. The molecule has 26 heavy (non-hydrogen) atoms. The van der Waals surface area contributed by atoms with Gasteiger partial charge < -0.3 is 9.16 Å². The first-order valence-electron chi connectivity index (χ1n) is 9.05. The SMILES string of the molecule is CC[Si](CC)(CC)O[C@@]1(C)[C@H](n2ccc(=O)[nH]c2=O)O[C@](F)(CI)[C@H]1C. The highest BCUT2D eigenvalue weighted by Crippen LogP contribution is 2.53. The van der Waals surface area contributed by atoms with E-state index in [1.807, 2.05) is 29.5 Å². The second kappa shape index (κ2) is 7.84. The van der Waals surface area contributed by atoms with Crippen LogP contribution in [-0.2, 0) is 9.16 Å². The van der Waals surface area contributed by atoms with Gasteiger partial charge in [0.15, 0.2) is 14.5 Å². The maximum Gasteiger partial charge on any atom is 0.330 e. The van der Waals surface area contributed by atoms with E-state index >= 15 is 4.39 Å². The molecule has 0 bridgehead atoms. The molecule has 1 aliphatic rings. The summed E-state index contributed by atoms with van der Waals surface area (Å²) in [6, 6.07) is 3.94. The predicted molar refractivity (Wildman–Crippen MR) is 110 cm³/mol. The third kappa shape index (κ3) is 3.59. The van der Waals surface area contributed by atoms with E-state index < -0.39 is 43.2 Å². The molecule has 1 fully saturated rings. The summed E-state index contributed by atoms with van der Waals surface area (Å²) in [7, 11) is -2.11. The number of nitrogens with zero attached hydrogens (tertiary/aromatic N) is 1. The van der Waals surface area contributed by atoms with Gasteiger partial charge in [0.05, 0.1) is 4.43 Å². The predicted octanol–water partition coefficient (Wildman–Crippen LogP) is 3.58. The molecule has 9 heteroatoms. The zero-order valence-electron chi connectivity index (χ0n) is 16.0. The molecule has 0 aromatic carbocycles. The number of hydrogen-bond acceptors (Lipinski definition) is 4. The minimum absolute atomic E-state index is 0.123. The van der Waals surface area contributed by atoms with E-state index in [2.05, 4.69) is 25.8 Å². The highest BCUT2D eigenvalue weighted by molar-refractivity contribution is 14.1. The summed E-state index contributed by atoms with van der Waals surface area (Å²) in [5.41, 5.74) is -2.14. The highest BCUT2D eigenvalue weighted by Gasteiger charge is 2.63. The Bertz CT molecular complexity index is 745. The Morgan fingerprint density at radius 3 is 2.38 bits per heavy atom. The molecule has 0 unspecified atom stereocenters. The van der Waals surface area contributed by atoms with Crippen molar-refractivity contribution in [1.82, 2.24) is 9.55 Å². The normalized spacial score (nSPS) is 32.1. The first-order valence-corrected chi connectivity index (χ1v) is 13.1. The molecule has 1 aliphatic heterocycles. The quantitative estimate of drug-likeness (QED) is 0.355. The summed E-state index contributed by atoms with van der Waals surface area (Å²) in [4.78, 5) is 26.0. The lowest BCUT2D eigenvalue weighted by Gasteiger charge is -2.43. The Hall–Kier alpha value is -0.523. The van der Waals surface area contributed by atoms with E-state index in [1.165, 1.54) is 16.8 Å². The molecule has 1 aromatic heterocycles. The van der Waals surface area contributed by atoms with Crippen molar-refractivity contribution in [1.29, 1.82) is 0 Å². The molecule has 1 saturated heterocycles. The zero-order valence-corrected chi connectivity index (χ0v) is 19.1. The number of aromatic nitrogens is 2. The summed E-state index contributed by atoms with van der Waals surface area (Å²) < 4.78 is 29.3. The second-order valence-electron chi connectivity index (χ2n) is 7.16. The number of hydrogen-bond donors (Lipinski definition) is 1. The van der Waals surface area contributed by atoms with E-state index in [0.29, 0.717) is 0 Å². The molecule has 1 aromatic rings. The summed E-state index contributed by atoms with van der Waals surface area (Å²) in [5.74, 6) is -2.49. The fourth-order valence-electron chi connectivity index (χ4n) is 3.71. The Morgan fingerprint density at radius 2 is 1.92 bits per heavy atom. The van der Waals surface area contributed by atoms with Crippen molar-refractivity contribution in [3.8, 4) is 0 Å². The van der Waals surface area contributed by atoms with Crippen molar-refractivity contribution in [3.63, 3.8) is 0 Å². The van der Waals surface area contributed by atoms with Gasteiger partial charge in [-0.05, 0) is 25.1 Å². The standard InChI is InChI=1S/C17H28FIN2O4Si/c1-6-26(7-2,8-3)25-16(5)12(4)17(18,11-19)24-14(16)21-10-9-13(22)20-15(21)23/h9-10,12,14H,6-8,11H2,1-5H3,(H,20,22,23)/t12-,14+,16+,17+/m0/s1. The van der Waals surface area contributed by atoms with Gasteiger partial charge >= 0.3 is 5.69 Å². The summed E-state index contributed by atoms with van der Waals surface area (Å²) in [6.45, 7) is 9.91. The van der Waals surface area contributed by atoms with Crippen LogP contribution < -0.4 is 11.2 Å². The smallest absolute Gasteiger partial charge is 0.330 e. The summed E-state index contributed by atoms with van der Waals surface area (Å²) >= 11 is 1.96. The lowest BCUT2D eigenvalue weighted by Crippen LogP contribution is -2.53. The van der Waals surface area contributed by atoms with E-state index in [9.17, 15) is 9.59 Å². The van der Waals surface area contributed by atoms with Crippen LogP contribution >= 0.6 is 22.6 Å². The molecular weight excluding hydrogens is 470 g/mol. The first kappa shape index (κ1) is 21.8. The summed E-state index contributed by atoms with van der Waals surface area (Å²) in [6.07, 6.45) is 0.407. The van der Waals surface area contributed by atoms with E-state index in [1.54, 1.807) is 6.92 Å². The number of aromatic amines is 1. The molecule has 4 atom stereocenters. The van der Waals surface area contributed by atoms with Crippen molar-refractivity contribution in [2.24, 2.45) is 5.92 Å². The molecule has 1 N–H and O–H groups in total. The van der Waals surface area contributed by atoms with Gasteiger partial charge in [0.25, 0.3) is 5.56 Å². The van der Waals surface area contributed by atoms with Gasteiger partial charge in [-0.3, -0.25) is 14.3 Å².